The Kier molecular flexibility index (Phi) is 7.69. The van der Waals surface area contributed by atoms with Gasteiger partial charge < -0.3 is 20.1 Å². The highest BCUT2D eigenvalue weighted by molar-refractivity contribution is 5.97. The zero-order valence-electron chi connectivity index (χ0n) is 15.7. The molecule has 2 N–H and O–H groups in total. The van der Waals surface area contributed by atoms with Crippen LogP contribution in [0.1, 0.15) is 28.8 Å². The number of rotatable bonds is 2. The lowest BCUT2D eigenvalue weighted by Crippen LogP contribution is -2.40. The minimum atomic E-state index is -0.127. The molecule has 0 spiro atoms. The average molecular weight is 368 g/mol. The maximum Gasteiger partial charge on any atom is 0.255 e. The van der Waals surface area contributed by atoms with Crippen LogP contribution in [0.2, 0.25) is 0 Å². The third-order valence-electron chi connectivity index (χ3n) is 4.54. The molecule has 0 fully saturated rings. The van der Waals surface area contributed by atoms with Gasteiger partial charge in [-0.1, -0.05) is 42.5 Å². The van der Waals surface area contributed by atoms with Crippen LogP contribution in [0.25, 0.3) is 0 Å². The molecule has 1 aliphatic rings. The lowest BCUT2D eigenvalue weighted by molar-refractivity contribution is 0.0827. The van der Waals surface area contributed by atoms with E-state index < -0.39 is 0 Å². The first-order valence-corrected chi connectivity index (χ1v) is 9.68. The lowest BCUT2D eigenvalue weighted by Gasteiger charge is -2.20. The van der Waals surface area contributed by atoms with Crippen molar-refractivity contribution < 1.29 is 14.3 Å². The van der Waals surface area contributed by atoms with Crippen molar-refractivity contribution in [2.24, 2.45) is 0 Å². The molecular weight excluding hydrogens is 340 g/mol. The number of carbonyl (C=O) groups is 1. The van der Waals surface area contributed by atoms with Crippen molar-refractivity contribution in [2.45, 2.75) is 25.3 Å². The predicted octanol–water partition coefficient (Wildman–Crippen LogP) is 2.81. The maximum atomic E-state index is 12.9. The second-order valence-electron chi connectivity index (χ2n) is 6.74. The van der Waals surface area contributed by atoms with E-state index in [1.165, 1.54) is 5.56 Å². The highest BCUT2D eigenvalue weighted by Crippen LogP contribution is 2.18. The Morgan fingerprint density at radius 1 is 0.926 bits per heavy atom. The zero-order chi connectivity index (χ0) is 18.7. The van der Waals surface area contributed by atoms with Gasteiger partial charge in [-0.15, -0.1) is 0 Å². The predicted molar refractivity (Wildman–Crippen MR) is 106 cm³/mol. The summed E-state index contributed by atoms with van der Waals surface area (Å²) in [6.45, 7) is 3.44. The molecule has 0 aliphatic carbocycles. The topological polar surface area (TPSA) is 59.6 Å². The van der Waals surface area contributed by atoms with E-state index in [1.54, 1.807) is 6.07 Å². The van der Waals surface area contributed by atoms with E-state index in [2.05, 4.69) is 22.8 Å². The summed E-state index contributed by atoms with van der Waals surface area (Å²) in [4.78, 5) is 12.9. The number of nitrogens with one attached hydrogen (secondary N) is 2. The molecule has 0 saturated heterocycles. The standard InChI is InChI=1S/C22H28N2O3/c25-22-20-10-4-5-11-21(20)27-15-13-23-12-6-7-14-26-17-19(24-22)16-18-8-2-1-3-9-18/h1-5,8-11,19,23H,6-7,12-17H2,(H,24,25)/t19-/m0/s1. The average Bonchev–Trinajstić information content (AvgIpc) is 2.70. The Hall–Kier alpha value is -2.37. The first-order valence-electron chi connectivity index (χ1n) is 9.68. The largest absolute Gasteiger partial charge is 0.491 e. The quantitative estimate of drug-likeness (QED) is 0.856. The number of carbonyl (C=O) groups excluding carboxylic acids is 1. The molecule has 1 amide bonds. The van der Waals surface area contributed by atoms with Crippen molar-refractivity contribution in [3.05, 3.63) is 65.7 Å². The fraction of sp³-hybridized carbons (Fsp3) is 0.409. The number of ether oxygens (including phenoxy) is 2. The van der Waals surface area contributed by atoms with Crippen LogP contribution in [0.5, 0.6) is 5.75 Å². The van der Waals surface area contributed by atoms with Gasteiger partial charge in [-0.3, -0.25) is 4.79 Å². The van der Waals surface area contributed by atoms with Gasteiger partial charge in [0.15, 0.2) is 0 Å². The van der Waals surface area contributed by atoms with Crippen LogP contribution in [-0.2, 0) is 11.2 Å². The molecule has 5 heteroatoms. The zero-order valence-corrected chi connectivity index (χ0v) is 15.7. The van der Waals surface area contributed by atoms with Gasteiger partial charge in [0, 0.05) is 13.2 Å². The minimum absolute atomic E-state index is 0.0868. The van der Waals surface area contributed by atoms with Crippen molar-refractivity contribution in [1.82, 2.24) is 10.6 Å². The Bertz CT molecular complexity index is 706. The van der Waals surface area contributed by atoms with Gasteiger partial charge >= 0.3 is 0 Å². The summed E-state index contributed by atoms with van der Waals surface area (Å²) in [6.07, 6.45) is 2.80. The fourth-order valence-corrected chi connectivity index (χ4v) is 3.13. The van der Waals surface area contributed by atoms with Crippen LogP contribution < -0.4 is 15.4 Å². The van der Waals surface area contributed by atoms with Gasteiger partial charge in [0.25, 0.3) is 5.91 Å². The molecule has 0 unspecified atom stereocenters. The Morgan fingerprint density at radius 2 is 1.74 bits per heavy atom. The normalized spacial score (nSPS) is 19.7. The molecule has 2 aromatic carbocycles. The third-order valence-corrected chi connectivity index (χ3v) is 4.54. The summed E-state index contributed by atoms with van der Waals surface area (Å²) in [6, 6.07) is 17.5. The lowest BCUT2D eigenvalue weighted by atomic mass is 10.1. The monoisotopic (exact) mass is 368 g/mol. The van der Waals surface area contributed by atoms with E-state index in [4.69, 9.17) is 9.47 Å². The van der Waals surface area contributed by atoms with Gasteiger partial charge in [-0.25, -0.2) is 0 Å². The number of benzene rings is 2. The van der Waals surface area contributed by atoms with Gasteiger partial charge in [0.1, 0.15) is 12.4 Å². The van der Waals surface area contributed by atoms with Crippen LogP contribution in [0, 0.1) is 0 Å². The van der Waals surface area contributed by atoms with Gasteiger partial charge in [-0.05, 0) is 43.5 Å². The third kappa shape index (κ3) is 6.38. The molecule has 1 aliphatic heterocycles. The molecule has 144 valence electrons. The summed E-state index contributed by atoms with van der Waals surface area (Å²) >= 11 is 0. The molecule has 2 aromatic rings. The summed E-state index contributed by atoms with van der Waals surface area (Å²) in [5.74, 6) is 0.490. The van der Waals surface area contributed by atoms with E-state index >= 15 is 0 Å². The van der Waals surface area contributed by atoms with Crippen molar-refractivity contribution in [3.63, 3.8) is 0 Å². The molecule has 27 heavy (non-hydrogen) atoms. The van der Waals surface area contributed by atoms with E-state index in [1.807, 2.05) is 36.4 Å². The summed E-state index contributed by atoms with van der Waals surface area (Å²) in [5.41, 5.74) is 1.74. The highest BCUT2D eigenvalue weighted by atomic mass is 16.5. The van der Waals surface area contributed by atoms with Gasteiger partial charge in [0.2, 0.25) is 0 Å². The van der Waals surface area contributed by atoms with E-state index in [-0.39, 0.29) is 11.9 Å². The molecule has 3 rings (SSSR count). The number of amides is 1. The van der Waals surface area contributed by atoms with Crippen LogP contribution in [-0.4, -0.2) is 44.9 Å². The first-order chi connectivity index (χ1) is 13.3. The molecule has 0 aromatic heterocycles. The van der Waals surface area contributed by atoms with Crippen LogP contribution in [0.15, 0.2) is 54.6 Å². The molecular formula is C22H28N2O3. The van der Waals surface area contributed by atoms with Crippen molar-refractivity contribution in [2.75, 3.05) is 32.9 Å². The van der Waals surface area contributed by atoms with Crippen molar-refractivity contribution in [1.29, 1.82) is 0 Å². The number of para-hydroxylation sites is 1. The Labute approximate surface area is 161 Å². The van der Waals surface area contributed by atoms with Crippen molar-refractivity contribution in [3.8, 4) is 5.75 Å². The van der Waals surface area contributed by atoms with Crippen molar-refractivity contribution >= 4 is 5.91 Å². The first kappa shape index (κ1) is 19.4. The maximum absolute atomic E-state index is 12.9. The van der Waals surface area contributed by atoms with Crippen LogP contribution in [0.3, 0.4) is 0 Å². The van der Waals surface area contributed by atoms with Gasteiger partial charge in [-0.2, -0.15) is 0 Å². The molecule has 0 radical (unpaired) electrons. The molecule has 5 nitrogen and oxygen atoms in total. The molecule has 1 atom stereocenters. The number of hydrogen-bond donors (Lipinski definition) is 2. The SMILES string of the molecule is O=C1N[C@@H](Cc2ccccc2)COCCCCNCCOc2ccccc21. The second kappa shape index (κ2) is 10.7. The highest BCUT2D eigenvalue weighted by Gasteiger charge is 2.18. The smallest absolute Gasteiger partial charge is 0.255 e. The summed E-state index contributed by atoms with van der Waals surface area (Å²) in [7, 11) is 0. The summed E-state index contributed by atoms with van der Waals surface area (Å²) in [5, 5.41) is 6.49. The van der Waals surface area contributed by atoms with E-state index in [9.17, 15) is 4.79 Å². The summed E-state index contributed by atoms with van der Waals surface area (Å²) < 4.78 is 11.7. The number of hydrogen-bond acceptors (Lipinski definition) is 4. The second-order valence-corrected chi connectivity index (χ2v) is 6.74. The number of fused-ring (bicyclic) bond motifs is 1. The van der Waals surface area contributed by atoms with Crippen LogP contribution in [0.4, 0.5) is 0 Å². The molecule has 0 saturated carbocycles. The van der Waals surface area contributed by atoms with Gasteiger partial charge in [0.05, 0.1) is 18.2 Å². The Balaban J connectivity index is 1.74. The van der Waals surface area contributed by atoms with E-state index in [0.717, 1.165) is 32.4 Å². The molecule has 1 heterocycles. The fourth-order valence-electron chi connectivity index (χ4n) is 3.13. The van der Waals surface area contributed by atoms with Crippen LogP contribution >= 0.6 is 0 Å². The Morgan fingerprint density at radius 3 is 2.63 bits per heavy atom. The van der Waals surface area contributed by atoms with E-state index in [0.29, 0.717) is 31.1 Å². The minimum Gasteiger partial charge on any atom is -0.491 e. The molecule has 0 bridgehead atoms.